The van der Waals surface area contributed by atoms with Gasteiger partial charge in [0.15, 0.2) is 23.9 Å². The summed E-state index contributed by atoms with van der Waals surface area (Å²) >= 11 is 18.5. The van der Waals surface area contributed by atoms with E-state index in [1.807, 2.05) is 6.07 Å². The van der Waals surface area contributed by atoms with Gasteiger partial charge in [0, 0.05) is 30.2 Å². The molecule has 7 nitrogen and oxygen atoms in total. The molecular weight excluding hydrogens is 598 g/mol. The van der Waals surface area contributed by atoms with E-state index >= 15 is 0 Å². The van der Waals surface area contributed by atoms with Crippen molar-refractivity contribution in [2.45, 2.75) is 67.7 Å². The van der Waals surface area contributed by atoms with Crippen molar-refractivity contribution in [1.82, 2.24) is 9.80 Å². The molecule has 3 aliphatic carbocycles. The molecule has 2 bridgehead atoms. The highest BCUT2D eigenvalue weighted by atomic mass is 35.5. The zero-order valence-electron chi connectivity index (χ0n) is 22.0. The lowest BCUT2D eigenvalue weighted by Crippen LogP contribution is -2.78. The number of ether oxygens (including phenoxy) is 2. The van der Waals surface area contributed by atoms with E-state index in [0.29, 0.717) is 30.0 Å². The Labute approximate surface area is 254 Å². The Morgan fingerprint density at radius 1 is 1.18 bits per heavy atom. The maximum atomic E-state index is 13.4. The van der Waals surface area contributed by atoms with Crippen molar-refractivity contribution in [2.75, 3.05) is 26.7 Å². The predicted octanol–water partition coefficient (Wildman–Crippen LogP) is 5.24. The lowest BCUT2D eigenvalue weighted by Gasteiger charge is -2.64. The molecule has 11 heteroatoms. The Hall–Kier alpha value is -1.61. The van der Waals surface area contributed by atoms with Crippen molar-refractivity contribution in [1.29, 1.82) is 0 Å². The Balaban J connectivity index is 0.00000289. The minimum Gasteiger partial charge on any atom is -0.504 e. The number of phenolic OH excluding ortho intramolecular Hbond substituents is 1. The van der Waals surface area contributed by atoms with Crippen molar-refractivity contribution < 1.29 is 24.5 Å². The second-order valence-corrected chi connectivity index (χ2v) is 13.1. The van der Waals surface area contributed by atoms with Gasteiger partial charge in [-0.05, 0) is 74.8 Å². The highest BCUT2D eigenvalue weighted by Crippen LogP contribution is 2.66. The minimum absolute atomic E-state index is 0. The standard InChI is InChI=1S/C29H31Cl3N2O5.ClH/c1-33(23(36)14-38-25-18(31)11-17(30)12-19(25)32)20-6-7-29(37)22-10-16-4-5-21(35)26-24(16)28(29,27(20)39-26)8-9-34(22)13-15-2-3-15;/h4-5,11-12,15,20,22,27,35,37H,2-3,6-10,13-14H2,1H3;1H/t20-,22-,27+,28+,29-;/m1./s1. The summed E-state index contributed by atoms with van der Waals surface area (Å²) in [6.07, 6.45) is 4.61. The van der Waals surface area contributed by atoms with Gasteiger partial charge < -0.3 is 24.6 Å². The number of likely N-dealkylation sites (tertiary alicyclic amines) is 1. The third-order valence-electron chi connectivity index (χ3n) is 9.93. The van der Waals surface area contributed by atoms with Crippen LogP contribution in [0.5, 0.6) is 17.2 Å². The number of rotatable bonds is 6. The molecule has 2 aliphatic heterocycles. The van der Waals surface area contributed by atoms with Crippen LogP contribution >= 0.6 is 47.2 Å². The molecule has 3 fully saturated rings. The number of hydrogen-bond acceptors (Lipinski definition) is 6. The Morgan fingerprint density at radius 2 is 1.90 bits per heavy atom. The molecule has 40 heavy (non-hydrogen) atoms. The van der Waals surface area contributed by atoms with E-state index < -0.39 is 17.1 Å². The number of phenols is 1. The molecule has 2 saturated carbocycles. The van der Waals surface area contributed by atoms with E-state index in [1.54, 1.807) is 18.0 Å². The quantitative estimate of drug-likeness (QED) is 0.455. The molecule has 2 aromatic carbocycles. The number of halogens is 4. The molecule has 0 radical (unpaired) electrons. The van der Waals surface area contributed by atoms with Gasteiger partial charge in [-0.3, -0.25) is 9.69 Å². The first kappa shape index (κ1) is 28.5. The van der Waals surface area contributed by atoms with E-state index in [4.69, 9.17) is 44.3 Å². The Morgan fingerprint density at radius 3 is 2.60 bits per heavy atom. The zero-order chi connectivity index (χ0) is 27.3. The molecule has 2 aromatic rings. The summed E-state index contributed by atoms with van der Waals surface area (Å²) in [4.78, 5) is 17.6. The molecule has 1 saturated heterocycles. The monoisotopic (exact) mass is 628 g/mol. The SMILES string of the molecule is CN(C(=O)COc1c(Cl)cc(Cl)cc1Cl)[C@@H]1CC[C@@]2(O)[C@H]3Cc4ccc(O)c5c4[C@@]2(CCN3CC2CC2)[C@H]1O5.Cl. The van der Waals surface area contributed by atoms with Crippen LogP contribution < -0.4 is 9.47 Å². The molecule has 0 unspecified atom stereocenters. The summed E-state index contributed by atoms with van der Waals surface area (Å²) < 4.78 is 12.3. The van der Waals surface area contributed by atoms with Gasteiger partial charge in [-0.25, -0.2) is 0 Å². The number of carbonyl (C=O) groups is 1. The number of carbonyl (C=O) groups excluding carboxylic acids is 1. The molecule has 2 N–H and O–H groups in total. The van der Waals surface area contributed by atoms with Gasteiger partial charge in [0.1, 0.15) is 6.10 Å². The number of piperidine rings is 1. The third kappa shape index (κ3) is 4.03. The summed E-state index contributed by atoms with van der Waals surface area (Å²) in [6.45, 7) is 1.61. The molecule has 2 heterocycles. The molecule has 1 spiro atoms. The summed E-state index contributed by atoms with van der Waals surface area (Å²) in [5.74, 6) is 1.22. The van der Waals surface area contributed by atoms with Crippen molar-refractivity contribution in [3.05, 3.63) is 50.5 Å². The van der Waals surface area contributed by atoms with Crippen LogP contribution in [-0.2, 0) is 16.6 Å². The van der Waals surface area contributed by atoms with Crippen LogP contribution in [0.2, 0.25) is 15.1 Å². The fourth-order valence-electron chi connectivity index (χ4n) is 7.94. The second kappa shape index (κ2) is 9.99. The number of aliphatic hydroxyl groups is 1. The van der Waals surface area contributed by atoms with E-state index in [2.05, 4.69) is 4.90 Å². The number of benzene rings is 2. The summed E-state index contributed by atoms with van der Waals surface area (Å²) in [6, 6.07) is 6.39. The number of amides is 1. The van der Waals surface area contributed by atoms with Crippen LogP contribution in [0.15, 0.2) is 24.3 Å². The normalized spacial score (nSPS) is 31.6. The fourth-order valence-corrected chi connectivity index (χ4v) is 8.87. The zero-order valence-corrected chi connectivity index (χ0v) is 25.1. The number of aromatic hydroxyl groups is 1. The summed E-state index contributed by atoms with van der Waals surface area (Å²) in [7, 11) is 1.75. The minimum atomic E-state index is -1.00. The molecule has 1 amide bonds. The van der Waals surface area contributed by atoms with Crippen molar-refractivity contribution >= 4 is 53.1 Å². The molecule has 7 rings (SSSR count). The van der Waals surface area contributed by atoms with Gasteiger partial charge in [-0.15, -0.1) is 12.4 Å². The second-order valence-electron chi connectivity index (χ2n) is 11.9. The molecule has 5 atom stereocenters. The average molecular weight is 630 g/mol. The van der Waals surface area contributed by atoms with E-state index in [1.165, 1.54) is 25.0 Å². The van der Waals surface area contributed by atoms with Crippen LogP contribution in [0.4, 0.5) is 0 Å². The molecular formula is C29H32Cl4N2O5. The first-order valence-corrected chi connectivity index (χ1v) is 14.8. The van der Waals surface area contributed by atoms with Gasteiger partial charge in [-0.2, -0.15) is 0 Å². The van der Waals surface area contributed by atoms with Crippen LogP contribution in [0.3, 0.4) is 0 Å². The Kier molecular flexibility index (Phi) is 7.12. The third-order valence-corrected chi connectivity index (χ3v) is 10.7. The molecule has 5 aliphatic rings. The summed E-state index contributed by atoms with van der Waals surface area (Å²) in [5, 5.41) is 24.3. The fraction of sp³-hybridized carbons (Fsp3) is 0.552. The highest BCUT2D eigenvalue weighted by Gasteiger charge is 2.73. The predicted molar refractivity (Wildman–Crippen MR) is 156 cm³/mol. The van der Waals surface area contributed by atoms with Crippen LogP contribution in [0.25, 0.3) is 0 Å². The molecule has 0 aromatic heterocycles. The summed E-state index contributed by atoms with van der Waals surface area (Å²) in [5.41, 5.74) is 0.378. The maximum Gasteiger partial charge on any atom is 0.260 e. The first-order chi connectivity index (χ1) is 18.6. The molecule has 216 valence electrons. The van der Waals surface area contributed by atoms with Crippen LogP contribution in [0, 0.1) is 5.92 Å². The topological polar surface area (TPSA) is 82.5 Å². The van der Waals surface area contributed by atoms with Gasteiger partial charge in [0.25, 0.3) is 5.91 Å². The number of hydrogen-bond donors (Lipinski definition) is 2. The average Bonchev–Trinajstić information content (AvgIpc) is 3.63. The smallest absolute Gasteiger partial charge is 0.260 e. The van der Waals surface area contributed by atoms with Gasteiger partial charge in [0.05, 0.1) is 27.1 Å². The number of nitrogens with zero attached hydrogens (tertiary/aromatic N) is 2. The highest BCUT2D eigenvalue weighted by molar-refractivity contribution is 6.40. The van der Waals surface area contributed by atoms with Gasteiger partial charge >= 0.3 is 0 Å². The Bertz CT molecular complexity index is 1350. The largest absolute Gasteiger partial charge is 0.504 e. The van der Waals surface area contributed by atoms with Crippen molar-refractivity contribution in [3.63, 3.8) is 0 Å². The van der Waals surface area contributed by atoms with E-state index in [-0.39, 0.29) is 58.5 Å². The number of likely N-dealkylation sites (N-methyl/N-ethyl adjacent to an activating group) is 1. The van der Waals surface area contributed by atoms with Crippen molar-refractivity contribution in [3.8, 4) is 17.2 Å². The van der Waals surface area contributed by atoms with Gasteiger partial charge in [0.2, 0.25) is 0 Å². The van der Waals surface area contributed by atoms with E-state index in [0.717, 1.165) is 36.6 Å². The maximum absolute atomic E-state index is 13.4. The van der Waals surface area contributed by atoms with Crippen LogP contribution in [0.1, 0.15) is 43.2 Å². The van der Waals surface area contributed by atoms with Crippen molar-refractivity contribution in [2.24, 2.45) is 5.92 Å². The first-order valence-electron chi connectivity index (χ1n) is 13.7. The van der Waals surface area contributed by atoms with E-state index in [9.17, 15) is 15.0 Å². The van der Waals surface area contributed by atoms with Gasteiger partial charge in [-0.1, -0.05) is 40.9 Å². The lowest BCUT2D eigenvalue weighted by atomic mass is 9.48. The van der Waals surface area contributed by atoms with Crippen LogP contribution in [-0.4, -0.2) is 76.5 Å². The lowest BCUT2D eigenvalue weighted by molar-refractivity contribution is -0.200.